The third-order valence-electron chi connectivity index (χ3n) is 2.30. The quantitative estimate of drug-likeness (QED) is 0.460. The number of primary amides is 1. The minimum atomic E-state index is -0.861. The van der Waals surface area contributed by atoms with E-state index in [0.29, 0.717) is 5.39 Å². The van der Waals surface area contributed by atoms with Gasteiger partial charge in [0.2, 0.25) is 0 Å². The lowest BCUT2D eigenvalue weighted by Gasteiger charge is -2.00. The van der Waals surface area contributed by atoms with Gasteiger partial charge in [0.25, 0.3) is 17.1 Å². The van der Waals surface area contributed by atoms with Gasteiger partial charge in [0.05, 0.1) is 4.92 Å². The Morgan fingerprint density at radius 2 is 2.17 bits per heavy atom. The Morgan fingerprint density at radius 3 is 2.72 bits per heavy atom. The van der Waals surface area contributed by atoms with E-state index in [1.54, 1.807) is 0 Å². The fourth-order valence-corrected chi connectivity index (χ4v) is 1.48. The Kier molecular flexibility index (Phi) is 2.68. The molecule has 8 nitrogen and oxygen atoms in total. The summed E-state index contributed by atoms with van der Waals surface area (Å²) in [5.74, 6) is -0.861. The minimum absolute atomic E-state index is 0.151. The highest BCUT2D eigenvalue weighted by atomic mass is 16.6. The molecule has 0 unspecified atom stereocenters. The van der Waals surface area contributed by atoms with E-state index in [2.05, 4.69) is 5.16 Å². The molecule has 0 aliphatic rings. The van der Waals surface area contributed by atoms with Gasteiger partial charge in [0.15, 0.2) is 0 Å². The maximum absolute atomic E-state index is 11.1. The first-order valence-corrected chi connectivity index (χ1v) is 4.73. The first kappa shape index (κ1) is 11.6. The zero-order valence-electron chi connectivity index (χ0n) is 8.86. The van der Waals surface area contributed by atoms with Crippen LogP contribution in [0.2, 0.25) is 0 Å². The molecular formula is C10H7N3O5. The molecule has 0 fully saturated rings. The Bertz CT molecular complexity index is 719. The van der Waals surface area contributed by atoms with Gasteiger partial charge in [-0.25, -0.2) is 0 Å². The molecule has 2 aromatic rings. The molecule has 8 heteroatoms. The largest absolute Gasteiger partial charge is 0.435 e. The highest BCUT2D eigenvalue weighted by Crippen LogP contribution is 2.20. The number of nitrogens with two attached hydrogens (primary N) is 1. The van der Waals surface area contributed by atoms with Crippen LogP contribution in [0.1, 0.15) is 10.4 Å². The van der Waals surface area contributed by atoms with Crippen LogP contribution >= 0.6 is 0 Å². The van der Waals surface area contributed by atoms with Crippen molar-refractivity contribution < 1.29 is 19.3 Å². The van der Waals surface area contributed by atoms with Gasteiger partial charge in [0.1, 0.15) is 11.1 Å². The summed E-state index contributed by atoms with van der Waals surface area (Å²) in [6.45, 7) is 0. The number of nitrogens with zero attached hydrogens (tertiary/aromatic N) is 2. The molecule has 0 saturated heterocycles. The summed E-state index contributed by atoms with van der Waals surface area (Å²) in [5.41, 5.74) is 4.65. The summed E-state index contributed by atoms with van der Waals surface area (Å²) in [6, 6.07) is 5.07. The van der Waals surface area contributed by atoms with Crippen LogP contribution < -0.4 is 11.3 Å². The Labute approximate surface area is 99.1 Å². The number of non-ortho nitro benzene ring substituents is 1. The molecule has 1 amide bonds. The predicted molar refractivity (Wildman–Crippen MR) is 58.7 cm³/mol. The second-order valence-corrected chi connectivity index (χ2v) is 3.41. The van der Waals surface area contributed by atoms with E-state index in [1.807, 2.05) is 0 Å². The van der Waals surface area contributed by atoms with Crippen LogP contribution in [0.3, 0.4) is 0 Å². The summed E-state index contributed by atoms with van der Waals surface area (Å²) < 4.78 is 5.10. The molecule has 0 saturated carbocycles. The number of carbonyl (C=O) groups is 1. The number of rotatable bonds is 2. The van der Waals surface area contributed by atoms with E-state index < -0.39 is 10.8 Å². The SMILES string of the molecule is NC(=O)c1cc2cc([N+](=O)[O-])ccc2oc1=NO. The molecule has 1 heterocycles. The predicted octanol–water partition coefficient (Wildman–Crippen LogP) is 0.730. The number of carbonyl (C=O) groups excluding carboxylic acids is 1. The Balaban J connectivity index is 2.80. The van der Waals surface area contributed by atoms with E-state index in [9.17, 15) is 14.9 Å². The van der Waals surface area contributed by atoms with Crippen molar-refractivity contribution in [1.82, 2.24) is 0 Å². The van der Waals surface area contributed by atoms with E-state index in [4.69, 9.17) is 15.4 Å². The fourth-order valence-electron chi connectivity index (χ4n) is 1.48. The normalized spacial score (nSPS) is 11.7. The van der Waals surface area contributed by atoms with Gasteiger partial charge in [-0.15, -0.1) is 0 Å². The highest BCUT2D eigenvalue weighted by Gasteiger charge is 2.12. The number of benzene rings is 1. The summed E-state index contributed by atoms with van der Waals surface area (Å²) in [5, 5.41) is 22.4. The average molecular weight is 249 g/mol. The molecule has 1 aromatic carbocycles. The van der Waals surface area contributed by atoms with Crippen LogP contribution in [-0.2, 0) is 0 Å². The molecule has 0 aliphatic heterocycles. The minimum Gasteiger partial charge on any atom is -0.435 e. The lowest BCUT2D eigenvalue weighted by molar-refractivity contribution is -0.384. The number of hydrogen-bond donors (Lipinski definition) is 2. The summed E-state index contributed by atoms with van der Waals surface area (Å²) in [4.78, 5) is 21.1. The van der Waals surface area contributed by atoms with Crippen molar-refractivity contribution in [3.05, 3.63) is 45.5 Å². The van der Waals surface area contributed by atoms with E-state index in [0.717, 1.165) is 0 Å². The smallest absolute Gasteiger partial charge is 0.270 e. The number of nitro benzene ring substituents is 1. The third-order valence-corrected chi connectivity index (χ3v) is 2.30. The monoisotopic (exact) mass is 249 g/mol. The molecule has 1 aromatic heterocycles. The van der Waals surface area contributed by atoms with Crippen molar-refractivity contribution in [2.24, 2.45) is 10.9 Å². The van der Waals surface area contributed by atoms with Crippen LogP contribution in [-0.4, -0.2) is 16.0 Å². The zero-order valence-corrected chi connectivity index (χ0v) is 8.86. The van der Waals surface area contributed by atoms with Crippen LogP contribution in [0.4, 0.5) is 5.69 Å². The van der Waals surface area contributed by atoms with Crippen molar-refractivity contribution >= 4 is 22.6 Å². The molecule has 2 rings (SSSR count). The zero-order chi connectivity index (χ0) is 13.3. The summed E-state index contributed by atoms with van der Waals surface area (Å²) in [7, 11) is 0. The van der Waals surface area contributed by atoms with Crippen molar-refractivity contribution in [3.63, 3.8) is 0 Å². The Hall–Kier alpha value is -2.90. The van der Waals surface area contributed by atoms with Gasteiger partial charge in [-0.05, 0) is 17.3 Å². The molecule has 0 atom stereocenters. The maximum atomic E-state index is 11.1. The van der Waals surface area contributed by atoms with Crippen LogP contribution in [0, 0.1) is 10.1 Å². The molecule has 3 N–H and O–H groups in total. The van der Waals surface area contributed by atoms with Gasteiger partial charge in [-0.3, -0.25) is 14.9 Å². The molecule has 0 aliphatic carbocycles. The standard InChI is InChI=1S/C10H7N3O5/c11-9(14)7-4-5-3-6(13(16)17)1-2-8(5)18-10(7)12-15/h1-4,15H,(H2,11,14). The van der Waals surface area contributed by atoms with Crippen molar-refractivity contribution in [1.29, 1.82) is 0 Å². The van der Waals surface area contributed by atoms with Gasteiger partial charge in [-0.1, -0.05) is 0 Å². The van der Waals surface area contributed by atoms with Crippen LogP contribution in [0.15, 0.2) is 33.8 Å². The van der Waals surface area contributed by atoms with Crippen molar-refractivity contribution in [2.75, 3.05) is 0 Å². The maximum Gasteiger partial charge on any atom is 0.270 e. The third kappa shape index (κ3) is 1.86. The second kappa shape index (κ2) is 4.17. The molecular weight excluding hydrogens is 242 g/mol. The van der Waals surface area contributed by atoms with Gasteiger partial charge in [-0.2, -0.15) is 0 Å². The fraction of sp³-hybridized carbons (Fsp3) is 0. The average Bonchev–Trinajstić information content (AvgIpc) is 2.36. The van der Waals surface area contributed by atoms with Crippen LogP contribution in [0.5, 0.6) is 0 Å². The van der Waals surface area contributed by atoms with E-state index >= 15 is 0 Å². The number of hydrogen-bond acceptors (Lipinski definition) is 6. The molecule has 0 spiro atoms. The van der Waals surface area contributed by atoms with Gasteiger partial charge in [0, 0.05) is 17.5 Å². The first-order valence-electron chi connectivity index (χ1n) is 4.73. The van der Waals surface area contributed by atoms with Crippen molar-refractivity contribution in [2.45, 2.75) is 0 Å². The van der Waals surface area contributed by atoms with Gasteiger partial charge < -0.3 is 15.4 Å². The van der Waals surface area contributed by atoms with Crippen molar-refractivity contribution in [3.8, 4) is 0 Å². The number of nitro groups is 1. The lowest BCUT2D eigenvalue weighted by atomic mass is 10.1. The topological polar surface area (TPSA) is 132 Å². The van der Waals surface area contributed by atoms with E-state index in [-0.39, 0.29) is 22.4 Å². The highest BCUT2D eigenvalue weighted by molar-refractivity contribution is 5.95. The van der Waals surface area contributed by atoms with Crippen LogP contribution in [0.25, 0.3) is 11.0 Å². The molecule has 0 radical (unpaired) electrons. The lowest BCUT2D eigenvalue weighted by Crippen LogP contribution is -2.21. The second-order valence-electron chi connectivity index (χ2n) is 3.41. The Morgan fingerprint density at radius 1 is 1.44 bits per heavy atom. The van der Waals surface area contributed by atoms with E-state index in [1.165, 1.54) is 24.3 Å². The molecule has 92 valence electrons. The number of amides is 1. The first-order chi connectivity index (χ1) is 8.52. The van der Waals surface area contributed by atoms with Gasteiger partial charge >= 0.3 is 0 Å². The number of fused-ring (bicyclic) bond motifs is 1. The summed E-state index contributed by atoms with van der Waals surface area (Å²) >= 11 is 0. The molecule has 18 heavy (non-hydrogen) atoms. The molecule has 0 bridgehead atoms. The summed E-state index contributed by atoms with van der Waals surface area (Å²) in [6.07, 6.45) is 0.